The molecule has 28 heavy (non-hydrogen) atoms. The first-order valence-electron chi connectivity index (χ1n) is 8.30. The van der Waals surface area contributed by atoms with Gasteiger partial charge in [0.2, 0.25) is 0 Å². The molecule has 0 fully saturated rings. The molecular weight excluding hydrogens is 398 g/mol. The molecule has 4 rings (SSSR count). The lowest BCUT2D eigenvalue weighted by molar-refractivity contribution is 0.0642. The monoisotopic (exact) mass is 411 g/mol. The lowest BCUT2D eigenvalue weighted by Gasteiger charge is -2.14. The van der Waals surface area contributed by atoms with Crippen LogP contribution in [-0.2, 0) is 6.54 Å². The predicted octanol–water partition coefficient (Wildman–Crippen LogP) is 3.55. The summed E-state index contributed by atoms with van der Waals surface area (Å²) in [5, 5.41) is 0. The number of hydrogen-bond donors (Lipinski definition) is 2. The molecule has 3 aromatic rings. The number of hydrogen-bond acceptors (Lipinski definition) is 5. The number of nitrogens with zero attached hydrogens (tertiary/aromatic N) is 1. The molecule has 140 valence electrons. The smallest absolute Gasteiger partial charge is 0.262 e. The molecule has 1 aromatic heterocycles. The number of carbonyl (C=O) groups is 3. The first-order chi connectivity index (χ1) is 13.4. The van der Waals surface area contributed by atoms with Crippen molar-refractivity contribution in [3.63, 3.8) is 0 Å². The Labute approximate surface area is 169 Å². The molecule has 0 spiro atoms. The maximum atomic E-state index is 13.1. The van der Waals surface area contributed by atoms with E-state index in [9.17, 15) is 14.4 Å². The van der Waals surface area contributed by atoms with E-state index in [0.29, 0.717) is 21.2 Å². The van der Waals surface area contributed by atoms with E-state index < -0.39 is 17.7 Å². The average molecular weight is 412 g/mol. The highest BCUT2D eigenvalue weighted by Gasteiger charge is 2.38. The van der Waals surface area contributed by atoms with Crippen molar-refractivity contribution in [2.45, 2.75) is 6.54 Å². The van der Waals surface area contributed by atoms with Gasteiger partial charge in [-0.1, -0.05) is 35.9 Å². The van der Waals surface area contributed by atoms with Gasteiger partial charge < -0.3 is 11.5 Å². The highest BCUT2D eigenvalue weighted by atomic mass is 35.5. The summed E-state index contributed by atoms with van der Waals surface area (Å²) in [4.78, 5) is 39.2. The Morgan fingerprint density at radius 1 is 1.00 bits per heavy atom. The SMILES string of the molecule is NC(=O)c1sc(Cl)cc1-c1cccc2c1C(=O)N(Cc1cccc(N)c1)C2=O. The Hall–Kier alpha value is -3.16. The van der Waals surface area contributed by atoms with Crippen molar-refractivity contribution in [3.8, 4) is 11.1 Å². The molecule has 2 aromatic carbocycles. The van der Waals surface area contributed by atoms with Crippen LogP contribution >= 0.6 is 22.9 Å². The van der Waals surface area contributed by atoms with E-state index in [1.165, 1.54) is 4.90 Å². The fourth-order valence-electron chi connectivity index (χ4n) is 3.32. The number of benzene rings is 2. The van der Waals surface area contributed by atoms with Crippen LogP contribution in [0.25, 0.3) is 11.1 Å². The van der Waals surface area contributed by atoms with Gasteiger partial charge in [-0.3, -0.25) is 19.3 Å². The number of imide groups is 1. The maximum absolute atomic E-state index is 13.1. The molecule has 1 aliphatic rings. The van der Waals surface area contributed by atoms with Crippen LogP contribution < -0.4 is 11.5 Å². The van der Waals surface area contributed by atoms with Crippen molar-refractivity contribution in [1.29, 1.82) is 0 Å². The summed E-state index contributed by atoms with van der Waals surface area (Å²) in [6.45, 7) is 0.101. The van der Waals surface area contributed by atoms with Gasteiger partial charge in [0, 0.05) is 11.3 Å². The number of nitrogen functional groups attached to an aromatic ring is 1. The van der Waals surface area contributed by atoms with E-state index in [0.717, 1.165) is 16.9 Å². The highest BCUT2D eigenvalue weighted by Crippen LogP contribution is 2.39. The van der Waals surface area contributed by atoms with Crippen molar-refractivity contribution in [3.05, 3.63) is 74.4 Å². The zero-order valence-electron chi connectivity index (χ0n) is 14.4. The van der Waals surface area contributed by atoms with Crippen molar-refractivity contribution in [2.24, 2.45) is 5.73 Å². The van der Waals surface area contributed by atoms with Gasteiger partial charge in [-0.15, -0.1) is 11.3 Å². The second-order valence-electron chi connectivity index (χ2n) is 6.33. The van der Waals surface area contributed by atoms with E-state index >= 15 is 0 Å². The predicted molar refractivity (Wildman–Crippen MR) is 108 cm³/mol. The highest BCUT2D eigenvalue weighted by molar-refractivity contribution is 7.18. The van der Waals surface area contributed by atoms with E-state index in [4.69, 9.17) is 23.1 Å². The van der Waals surface area contributed by atoms with Gasteiger partial charge in [0.05, 0.1) is 22.0 Å². The molecule has 0 atom stereocenters. The molecule has 0 saturated carbocycles. The summed E-state index contributed by atoms with van der Waals surface area (Å²) >= 11 is 7.10. The molecule has 0 bridgehead atoms. The minimum absolute atomic E-state index is 0.101. The quantitative estimate of drug-likeness (QED) is 0.505. The summed E-state index contributed by atoms with van der Waals surface area (Å²) in [6.07, 6.45) is 0. The molecule has 3 amide bonds. The van der Waals surface area contributed by atoms with Crippen LogP contribution in [0, 0.1) is 0 Å². The molecule has 6 nitrogen and oxygen atoms in total. The van der Waals surface area contributed by atoms with Gasteiger partial charge in [0.15, 0.2) is 0 Å². The molecule has 1 aliphatic heterocycles. The fourth-order valence-corrected chi connectivity index (χ4v) is 4.41. The lowest BCUT2D eigenvalue weighted by atomic mass is 9.97. The zero-order chi connectivity index (χ0) is 20.0. The lowest BCUT2D eigenvalue weighted by Crippen LogP contribution is -2.29. The number of thiophene rings is 1. The van der Waals surface area contributed by atoms with Crippen LogP contribution in [0.5, 0.6) is 0 Å². The van der Waals surface area contributed by atoms with Gasteiger partial charge in [0.1, 0.15) is 4.88 Å². The van der Waals surface area contributed by atoms with E-state index in [-0.39, 0.29) is 22.5 Å². The number of carbonyl (C=O) groups excluding carboxylic acids is 3. The van der Waals surface area contributed by atoms with Crippen LogP contribution in [-0.4, -0.2) is 22.6 Å². The number of nitrogens with two attached hydrogens (primary N) is 2. The fraction of sp³-hybridized carbons (Fsp3) is 0.0500. The van der Waals surface area contributed by atoms with Gasteiger partial charge in [-0.05, 0) is 35.4 Å². The standard InChI is InChI=1S/C20H14ClN3O3S/c21-15-8-14(17(28-15)18(23)25)12-5-2-6-13-16(12)20(27)24(19(13)26)9-10-3-1-4-11(22)7-10/h1-8H,9,22H2,(H2,23,25). The van der Waals surface area contributed by atoms with Crippen LogP contribution in [0.3, 0.4) is 0 Å². The summed E-state index contributed by atoms with van der Waals surface area (Å²) in [6, 6.07) is 13.5. The summed E-state index contributed by atoms with van der Waals surface area (Å²) in [5.41, 5.74) is 14.0. The normalized spacial score (nSPS) is 13.1. The largest absolute Gasteiger partial charge is 0.399 e. The Bertz CT molecular complexity index is 1160. The van der Waals surface area contributed by atoms with Crippen molar-refractivity contribution >= 4 is 46.3 Å². The third-order valence-corrected chi connectivity index (χ3v) is 5.79. The first-order valence-corrected chi connectivity index (χ1v) is 9.49. The van der Waals surface area contributed by atoms with Crippen LogP contribution in [0.2, 0.25) is 4.34 Å². The Morgan fingerprint density at radius 3 is 2.43 bits per heavy atom. The third kappa shape index (κ3) is 2.94. The zero-order valence-corrected chi connectivity index (χ0v) is 16.0. The van der Waals surface area contributed by atoms with Gasteiger partial charge in [-0.25, -0.2) is 0 Å². The number of primary amides is 1. The van der Waals surface area contributed by atoms with Gasteiger partial charge in [-0.2, -0.15) is 0 Å². The minimum Gasteiger partial charge on any atom is -0.399 e. The van der Waals surface area contributed by atoms with Crippen molar-refractivity contribution < 1.29 is 14.4 Å². The minimum atomic E-state index is -0.641. The van der Waals surface area contributed by atoms with Gasteiger partial charge in [0.25, 0.3) is 17.7 Å². The summed E-state index contributed by atoms with van der Waals surface area (Å²) in [7, 11) is 0. The van der Waals surface area contributed by atoms with E-state index in [1.54, 1.807) is 48.5 Å². The Balaban J connectivity index is 1.80. The number of rotatable bonds is 4. The Kier molecular flexibility index (Phi) is 4.41. The third-order valence-electron chi connectivity index (χ3n) is 4.51. The molecule has 0 unspecified atom stereocenters. The Morgan fingerprint density at radius 2 is 1.71 bits per heavy atom. The molecule has 0 radical (unpaired) electrons. The summed E-state index contributed by atoms with van der Waals surface area (Å²) < 4.78 is 0.370. The van der Waals surface area contributed by atoms with E-state index in [1.807, 2.05) is 0 Å². The summed E-state index contributed by atoms with van der Waals surface area (Å²) in [5.74, 6) is -1.47. The number of amides is 3. The molecule has 2 heterocycles. The molecule has 4 N–H and O–H groups in total. The topological polar surface area (TPSA) is 106 Å². The first kappa shape index (κ1) is 18.2. The van der Waals surface area contributed by atoms with Gasteiger partial charge >= 0.3 is 0 Å². The second kappa shape index (κ2) is 6.78. The molecular formula is C20H14ClN3O3S. The molecule has 0 saturated heterocycles. The molecule has 8 heteroatoms. The molecule has 0 aliphatic carbocycles. The average Bonchev–Trinajstić information content (AvgIpc) is 3.16. The number of anilines is 1. The second-order valence-corrected chi connectivity index (χ2v) is 8.01. The maximum Gasteiger partial charge on any atom is 0.262 e. The van der Waals surface area contributed by atoms with Crippen LogP contribution in [0.15, 0.2) is 48.5 Å². The number of halogens is 1. The van der Waals surface area contributed by atoms with Crippen molar-refractivity contribution in [2.75, 3.05) is 5.73 Å². The van der Waals surface area contributed by atoms with E-state index in [2.05, 4.69) is 0 Å². The number of fused-ring (bicyclic) bond motifs is 1. The van der Waals surface area contributed by atoms with Crippen molar-refractivity contribution in [1.82, 2.24) is 4.90 Å². The van der Waals surface area contributed by atoms with Crippen LogP contribution in [0.1, 0.15) is 36.0 Å². The van der Waals surface area contributed by atoms with Crippen LogP contribution in [0.4, 0.5) is 5.69 Å².